The van der Waals surface area contributed by atoms with Crippen molar-refractivity contribution in [3.8, 4) is 0 Å². The summed E-state index contributed by atoms with van der Waals surface area (Å²) in [5.41, 5.74) is 0.0639. The van der Waals surface area contributed by atoms with Crippen molar-refractivity contribution in [1.29, 1.82) is 0 Å². The lowest BCUT2D eigenvalue weighted by Gasteiger charge is -2.41. The number of fused-ring (bicyclic) bond motifs is 1. The van der Waals surface area contributed by atoms with Crippen LogP contribution in [0.25, 0.3) is 0 Å². The molecule has 0 saturated carbocycles. The Morgan fingerprint density at radius 1 is 1.21 bits per heavy atom. The maximum atomic E-state index is 12.4. The van der Waals surface area contributed by atoms with Gasteiger partial charge in [0.2, 0.25) is 0 Å². The summed E-state index contributed by atoms with van der Waals surface area (Å²) in [4.78, 5) is 19.1. The predicted octanol–water partition coefficient (Wildman–Crippen LogP) is 0.0470. The van der Waals surface area contributed by atoms with Gasteiger partial charge in [-0.25, -0.2) is 9.48 Å². The number of aryl methyl sites for hydroxylation is 2. The second kappa shape index (κ2) is 9.56. The lowest BCUT2D eigenvalue weighted by molar-refractivity contribution is -0.00833. The summed E-state index contributed by atoms with van der Waals surface area (Å²) in [6.07, 6.45) is 3.93. The molecule has 9 nitrogen and oxygen atoms in total. The number of nitrogens with one attached hydrogen (secondary N) is 2. The van der Waals surface area contributed by atoms with Crippen LogP contribution in [0, 0.1) is 0 Å². The first-order valence-electron chi connectivity index (χ1n) is 10.4. The molecule has 0 spiro atoms. The van der Waals surface area contributed by atoms with Gasteiger partial charge in [0.25, 0.3) is 0 Å². The van der Waals surface area contributed by atoms with Gasteiger partial charge in [0.15, 0.2) is 5.96 Å². The van der Waals surface area contributed by atoms with Gasteiger partial charge in [-0.3, -0.25) is 14.5 Å². The minimum Gasteiger partial charge on any atom is -0.379 e. The van der Waals surface area contributed by atoms with Crippen LogP contribution in [-0.2, 0) is 24.2 Å². The number of hydrogen-bond acceptors (Lipinski definition) is 5. The topological polar surface area (TPSA) is 88.7 Å². The summed E-state index contributed by atoms with van der Waals surface area (Å²) in [5, 5.41) is 11.3. The van der Waals surface area contributed by atoms with E-state index in [9.17, 15) is 4.79 Å². The summed E-state index contributed by atoms with van der Waals surface area (Å²) in [6, 6.07) is 0. The lowest BCUT2D eigenvalue weighted by Crippen LogP contribution is -2.56. The van der Waals surface area contributed by atoms with Crippen molar-refractivity contribution < 1.29 is 4.74 Å². The molecule has 0 aromatic carbocycles. The van der Waals surface area contributed by atoms with Crippen LogP contribution in [0.1, 0.15) is 38.9 Å². The molecule has 1 saturated heterocycles. The number of guanidine groups is 1. The molecular weight excluding hydrogens is 358 g/mol. The van der Waals surface area contributed by atoms with Crippen LogP contribution >= 0.6 is 0 Å². The quantitative estimate of drug-likeness (QED) is 0.387. The molecule has 0 atom stereocenters. The van der Waals surface area contributed by atoms with E-state index in [0.717, 1.165) is 83.4 Å². The first-order valence-corrected chi connectivity index (χ1v) is 10.4. The molecule has 0 bridgehead atoms. The zero-order valence-electron chi connectivity index (χ0n) is 17.5. The minimum absolute atomic E-state index is 0.0319. The van der Waals surface area contributed by atoms with E-state index in [0.29, 0.717) is 6.54 Å². The molecule has 0 aliphatic carbocycles. The molecule has 1 aromatic heterocycles. The Morgan fingerprint density at radius 3 is 2.71 bits per heavy atom. The largest absolute Gasteiger partial charge is 0.379 e. The summed E-state index contributed by atoms with van der Waals surface area (Å²) < 4.78 is 8.89. The van der Waals surface area contributed by atoms with Crippen molar-refractivity contribution >= 4 is 5.96 Å². The molecule has 2 aliphatic rings. The Kier molecular flexibility index (Phi) is 7.12. The number of aliphatic imine (C=N–C) groups is 1. The SMILES string of the molecule is CN=C(NCCCn1nc2n(c1=O)CCCC2)NCC(C)(C)N1CCOCC1. The molecule has 0 unspecified atom stereocenters. The minimum atomic E-state index is 0.0319. The normalized spacial score (nSPS) is 18.8. The monoisotopic (exact) mass is 393 g/mol. The fraction of sp³-hybridized carbons (Fsp3) is 0.842. The predicted molar refractivity (Wildman–Crippen MR) is 110 cm³/mol. The highest BCUT2D eigenvalue weighted by Crippen LogP contribution is 2.15. The number of hydrogen-bond donors (Lipinski definition) is 2. The third-order valence-electron chi connectivity index (χ3n) is 5.65. The van der Waals surface area contributed by atoms with E-state index in [1.165, 1.54) is 0 Å². The molecule has 158 valence electrons. The van der Waals surface area contributed by atoms with Gasteiger partial charge in [-0.15, -0.1) is 0 Å². The van der Waals surface area contributed by atoms with E-state index in [1.54, 1.807) is 11.7 Å². The number of morpholine rings is 1. The molecule has 1 aromatic rings. The van der Waals surface area contributed by atoms with Gasteiger partial charge in [-0.05, 0) is 33.1 Å². The summed E-state index contributed by atoms with van der Waals surface area (Å²) in [6.45, 7) is 11.0. The van der Waals surface area contributed by atoms with Crippen LogP contribution in [0.15, 0.2) is 9.79 Å². The molecule has 9 heteroatoms. The van der Waals surface area contributed by atoms with E-state index in [-0.39, 0.29) is 11.2 Å². The third-order valence-corrected chi connectivity index (χ3v) is 5.65. The highest BCUT2D eigenvalue weighted by Gasteiger charge is 2.28. The lowest BCUT2D eigenvalue weighted by atomic mass is 10.0. The van der Waals surface area contributed by atoms with Crippen molar-refractivity contribution in [2.45, 2.75) is 58.2 Å². The molecule has 3 rings (SSSR count). The first-order chi connectivity index (χ1) is 13.5. The highest BCUT2D eigenvalue weighted by atomic mass is 16.5. The Bertz CT molecular complexity index is 716. The fourth-order valence-electron chi connectivity index (χ4n) is 3.83. The van der Waals surface area contributed by atoms with Crippen molar-refractivity contribution in [1.82, 2.24) is 29.9 Å². The maximum absolute atomic E-state index is 12.4. The molecule has 3 heterocycles. The molecule has 0 radical (unpaired) electrons. The highest BCUT2D eigenvalue weighted by molar-refractivity contribution is 5.79. The van der Waals surface area contributed by atoms with E-state index < -0.39 is 0 Å². The summed E-state index contributed by atoms with van der Waals surface area (Å²) in [5.74, 6) is 1.73. The Labute approximate surface area is 167 Å². The Balaban J connectivity index is 1.41. The third kappa shape index (κ3) is 5.14. The van der Waals surface area contributed by atoms with Crippen LogP contribution in [-0.4, -0.2) is 77.2 Å². The number of aromatic nitrogens is 3. The van der Waals surface area contributed by atoms with Crippen molar-refractivity contribution in [3.05, 3.63) is 16.3 Å². The van der Waals surface area contributed by atoms with Crippen molar-refractivity contribution in [2.24, 2.45) is 4.99 Å². The maximum Gasteiger partial charge on any atom is 0.345 e. The average molecular weight is 394 g/mol. The Hall–Kier alpha value is -1.87. The molecule has 2 N–H and O–H groups in total. The number of ether oxygens (including phenoxy) is 1. The summed E-state index contributed by atoms with van der Waals surface area (Å²) >= 11 is 0. The van der Waals surface area contributed by atoms with Gasteiger partial charge in [-0.2, -0.15) is 5.10 Å². The van der Waals surface area contributed by atoms with Gasteiger partial charge in [0, 0.05) is 58.3 Å². The first kappa shape index (κ1) is 20.9. The smallest absolute Gasteiger partial charge is 0.345 e. The standard InChI is InChI=1S/C19H35N7O2/c1-19(2,24-11-13-28-14-12-24)15-22-17(20-3)21-8-6-10-26-18(27)25-9-5-4-7-16(25)23-26/h4-15H2,1-3H3,(H2,20,21,22). The van der Waals surface area contributed by atoms with E-state index >= 15 is 0 Å². The van der Waals surface area contributed by atoms with Crippen molar-refractivity contribution in [2.75, 3.05) is 46.4 Å². The van der Waals surface area contributed by atoms with Gasteiger partial charge in [0.1, 0.15) is 5.82 Å². The number of rotatable bonds is 7. The van der Waals surface area contributed by atoms with Crippen LogP contribution < -0.4 is 16.3 Å². The van der Waals surface area contributed by atoms with Crippen LogP contribution in [0.4, 0.5) is 0 Å². The molecule has 2 aliphatic heterocycles. The molecule has 0 amide bonds. The fourth-order valence-corrected chi connectivity index (χ4v) is 3.83. The van der Waals surface area contributed by atoms with Gasteiger partial charge < -0.3 is 15.4 Å². The van der Waals surface area contributed by atoms with E-state index in [2.05, 4.69) is 39.5 Å². The van der Waals surface area contributed by atoms with E-state index in [1.807, 2.05) is 4.57 Å². The Morgan fingerprint density at radius 2 is 2.00 bits per heavy atom. The summed E-state index contributed by atoms with van der Waals surface area (Å²) in [7, 11) is 1.78. The van der Waals surface area contributed by atoms with Gasteiger partial charge >= 0.3 is 5.69 Å². The number of nitrogens with zero attached hydrogens (tertiary/aromatic N) is 5. The average Bonchev–Trinajstić information content (AvgIpc) is 3.04. The molecule has 28 heavy (non-hydrogen) atoms. The second-order valence-electron chi connectivity index (χ2n) is 8.15. The van der Waals surface area contributed by atoms with Crippen molar-refractivity contribution in [3.63, 3.8) is 0 Å². The van der Waals surface area contributed by atoms with Crippen LogP contribution in [0.2, 0.25) is 0 Å². The second-order valence-corrected chi connectivity index (χ2v) is 8.15. The zero-order valence-corrected chi connectivity index (χ0v) is 17.5. The van der Waals surface area contributed by atoms with Gasteiger partial charge in [-0.1, -0.05) is 0 Å². The zero-order chi connectivity index (χ0) is 20.0. The van der Waals surface area contributed by atoms with E-state index in [4.69, 9.17) is 4.74 Å². The van der Waals surface area contributed by atoms with Crippen LogP contribution in [0.5, 0.6) is 0 Å². The molecule has 1 fully saturated rings. The van der Waals surface area contributed by atoms with Crippen LogP contribution in [0.3, 0.4) is 0 Å². The van der Waals surface area contributed by atoms with Gasteiger partial charge in [0.05, 0.1) is 13.2 Å². The molecular formula is C19H35N7O2.